The molecule has 144 valence electrons. The summed E-state index contributed by atoms with van der Waals surface area (Å²) in [4.78, 5) is 0. The second kappa shape index (κ2) is 9.43. The maximum Gasteiger partial charge on any atom is 0.0143 e. The summed E-state index contributed by atoms with van der Waals surface area (Å²) in [5, 5.41) is 0. The number of rotatable bonds is 6. The van der Waals surface area contributed by atoms with E-state index < -0.39 is 0 Å². The van der Waals surface area contributed by atoms with Gasteiger partial charge in [-0.2, -0.15) is 0 Å². The molecule has 0 amide bonds. The molecule has 2 aromatic carbocycles. The quantitative estimate of drug-likeness (QED) is 0.425. The van der Waals surface area contributed by atoms with Crippen molar-refractivity contribution in [1.82, 2.24) is 0 Å². The van der Waals surface area contributed by atoms with Crippen LogP contribution in [-0.2, 0) is 0 Å². The average molecular weight is 415 g/mol. The van der Waals surface area contributed by atoms with Crippen LogP contribution in [0.3, 0.4) is 0 Å². The summed E-state index contributed by atoms with van der Waals surface area (Å²) in [5.74, 6) is 0. The molecule has 0 spiro atoms. The lowest BCUT2D eigenvalue weighted by atomic mass is 10.0. The van der Waals surface area contributed by atoms with Gasteiger partial charge in [-0.15, -0.1) is 11.0 Å². The van der Waals surface area contributed by atoms with Crippen LogP contribution >= 0.6 is 25.2 Å². The van der Waals surface area contributed by atoms with E-state index in [0.29, 0.717) is 0 Å². The molecule has 0 saturated carbocycles. The monoisotopic (exact) mass is 414 g/mol. The lowest BCUT2D eigenvalue weighted by molar-refractivity contribution is 0.696. The molecule has 27 heavy (non-hydrogen) atoms. The number of hydrogen-bond acceptors (Lipinski definition) is 1. The summed E-state index contributed by atoms with van der Waals surface area (Å²) in [7, 11) is 0.0735. The summed E-state index contributed by atoms with van der Waals surface area (Å²) < 4.78 is 0. The molecule has 4 atom stereocenters. The van der Waals surface area contributed by atoms with Gasteiger partial charge in [-0.1, -0.05) is 74.5 Å². The molecule has 2 fully saturated rings. The Morgan fingerprint density at radius 1 is 0.667 bits per heavy atom. The van der Waals surface area contributed by atoms with Crippen molar-refractivity contribution in [2.24, 2.45) is 0 Å². The molecular weight excluding hydrogens is 382 g/mol. The third-order valence-corrected chi connectivity index (χ3v) is 19.6. The second-order valence-corrected chi connectivity index (χ2v) is 16.7. The van der Waals surface area contributed by atoms with Crippen molar-refractivity contribution in [2.45, 2.75) is 75.0 Å². The smallest absolute Gasteiger partial charge is 0.0143 e. The maximum atomic E-state index is 2.52. The molecule has 0 nitrogen and oxygen atoms in total. The van der Waals surface area contributed by atoms with Gasteiger partial charge in [-0.25, -0.2) is 0 Å². The van der Waals surface area contributed by atoms with Crippen LogP contribution in [0, 0.1) is 0 Å². The number of hydrogen-bond donors (Lipinski definition) is 0. The minimum absolute atomic E-state index is 0.0548. The SMILES string of the molecule is CC[C@@H]1CC[C@@H](CC)P1SP1[C@H](c2ccccc2)CC[C@H]1c1ccccc1. The van der Waals surface area contributed by atoms with Gasteiger partial charge in [0.05, 0.1) is 0 Å². The molecule has 0 unspecified atom stereocenters. The van der Waals surface area contributed by atoms with Crippen LogP contribution in [0.15, 0.2) is 60.7 Å². The first-order valence-corrected chi connectivity index (χ1v) is 15.6. The minimum atomic E-state index is -0.0548. The van der Waals surface area contributed by atoms with Gasteiger partial charge in [-0.05, 0) is 75.2 Å². The Bertz CT molecular complexity index is 645. The molecule has 3 heteroatoms. The van der Waals surface area contributed by atoms with Crippen LogP contribution in [0.1, 0.15) is 74.8 Å². The second-order valence-electron chi connectivity index (χ2n) is 7.93. The van der Waals surface area contributed by atoms with Gasteiger partial charge in [0.1, 0.15) is 0 Å². The lowest BCUT2D eigenvalue weighted by Gasteiger charge is -2.33. The van der Waals surface area contributed by atoms with Gasteiger partial charge in [0.2, 0.25) is 0 Å². The zero-order valence-electron chi connectivity index (χ0n) is 16.6. The Balaban J connectivity index is 1.64. The van der Waals surface area contributed by atoms with Gasteiger partial charge >= 0.3 is 0 Å². The van der Waals surface area contributed by atoms with Crippen LogP contribution in [0.4, 0.5) is 0 Å². The van der Waals surface area contributed by atoms with Gasteiger partial charge in [0.25, 0.3) is 0 Å². The molecule has 2 heterocycles. The predicted octanol–water partition coefficient (Wildman–Crippen LogP) is 9.14. The molecule has 0 aliphatic carbocycles. The van der Waals surface area contributed by atoms with Crippen molar-refractivity contribution in [2.75, 3.05) is 0 Å². The molecule has 0 N–H and O–H groups in total. The van der Waals surface area contributed by atoms with E-state index in [-0.39, 0.29) is 14.2 Å². The summed E-state index contributed by atoms with van der Waals surface area (Å²) >= 11 is 2.52. The van der Waals surface area contributed by atoms with Crippen molar-refractivity contribution in [3.63, 3.8) is 0 Å². The molecule has 2 aromatic rings. The number of benzene rings is 2. The van der Waals surface area contributed by atoms with E-state index in [0.717, 1.165) is 22.6 Å². The highest BCUT2D eigenvalue weighted by Crippen LogP contribution is 2.87. The third-order valence-electron chi connectivity index (χ3n) is 6.38. The minimum Gasteiger partial charge on any atom is -0.105 e. The average Bonchev–Trinajstić information content (AvgIpc) is 3.33. The van der Waals surface area contributed by atoms with E-state index in [2.05, 4.69) is 85.5 Å². The van der Waals surface area contributed by atoms with Crippen molar-refractivity contribution < 1.29 is 0 Å². The van der Waals surface area contributed by atoms with Gasteiger partial charge < -0.3 is 0 Å². The summed E-state index contributed by atoms with van der Waals surface area (Å²) in [6, 6.07) is 22.9. The van der Waals surface area contributed by atoms with Crippen molar-refractivity contribution in [3.8, 4) is 0 Å². The largest absolute Gasteiger partial charge is 0.105 e. The summed E-state index contributed by atoms with van der Waals surface area (Å²) in [5.41, 5.74) is 6.79. The van der Waals surface area contributed by atoms with E-state index in [1.165, 1.54) is 38.5 Å². The van der Waals surface area contributed by atoms with Crippen molar-refractivity contribution in [3.05, 3.63) is 71.8 Å². The Hall–Kier alpha value is -0.350. The van der Waals surface area contributed by atoms with Crippen molar-refractivity contribution in [1.29, 1.82) is 0 Å². The van der Waals surface area contributed by atoms with Crippen LogP contribution in [0.25, 0.3) is 0 Å². The zero-order chi connectivity index (χ0) is 18.6. The fraction of sp³-hybridized carbons (Fsp3) is 0.500. The van der Waals surface area contributed by atoms with E-state index in [1.54, 1.807) is 11.1 Å². The van der Waals surface area contributed by atoms with Crippen LogP contribution in [0.5, 0.6) is 0 Å². The standard InChI is InChI=1S/C24H32P2S/c1-3-21-15-16-22(4-2)25(21)27-26-23(19-11-7-5-8-12-19)17-18-24(26)20-13-9-6-10-14-20/h5-14,21-24H,3-4,15-18H2,1-2H3/t21-,22-,23+,24+/m1/s1. The first kappa shape index (κ1) is 19.9. The molecule has 0 radical (unpaired) electrons. The first-order chi connectivity index (χ1) is 13.3. The molecule has 2 aliphatic rings. The Kier molecular flexibility index (Phi) is 6.97. The van der Waals surface area contributed by atoms with Crippen LogP contribution < -0.4 is 0 Å². The predicted molar refractivity (Wildman–Crippen MR) is 126 cm³/mol. The van der Waals surface area contributed by atoms with E-state index >= 15 is 0 Å². The first-order valence-electron chi connectivity index (χ1n) is 10.7. The molecule has 2 aliphatic heterocycles. The molecule has 4 rings (SSSR count). The van der Waals surface area contributed by atoms with E-state index in [4.69, 9.17) is 0 Å². The summed E-state index contributed by atoms with van der Waals surface area (Å²) in [6.07, 6.45) is 8.51. The maximum absolute atomic E-state index is 2.52. The van der Waals surface area contributed by atoms with E-state index in [9.17, 15) is 0 Å². The normalized spacial score (nSPS) is 29.4. The van der Waals surface area contributed by atoms with Gasteiger partial charge in [-0.3, -0.25) is 0 Å². The molecule has 2 saturated heterocycles. The van der Waals surface area contributed by atoms with Gasteiger partial charge in [0, 0.05) is 11.3 Å². The topological polar surface area (TPSA) is 0 Å². The highest BCUT2D eigenvalue weighted by molar-refractivity contribution is 8.85. The summed E-state index contributed by atoms with van der Waals surface area (Å²) in [6.45, 7) is 4.87. The molecular formula is C24H32P2S. The fourth-order valence-corrected chi connectivity index (χ4v) is 21.3. The molecule has 0 bridgehead atoms. The highest BCUT2D eigenvalue weighted by atomic mass is 33.1. The third kappa shape index (κ3) is 4.32. The Morgan fingerprint density at radius 3 is 1.52 bits per heavy atom. The zero-order valence-corrected chi connectivity index (χ0v) is 19.2. The highest BCUT2D eigenvalue weighted by Gasteiger charge is 2.43. The molecule has 0 aromatic heterocycles. The van der Waals surface area contributed by atoms with Crippen LogP contribution in [-0.4, -0.2) is 11.3 Å². The van der Waals surface area contributed by atoms with Gasteiger partial charge in [0.15, 0.2) is 0 Å². The Morgan fingerprint density at radius 2 is 1.11 bits per heavy atom. The fourth-order valence-electron chi connectivity index (χ4n) is 4.83. The van der Waals surface area contributed by atoms with Crippen LogP contribution in [0.2, 0.25) is 0 Å². The lowest BCUT2D eigenvalue weighted by Crippen LogP contribution is -2.00. The Labute approximate surface area is 171 Å². The van der Waals surface area contributed by atoms with Crippen molar-refractivity contribution >= 4 is 25.2 Å². The van der Waals surface area contributed by atoms with E-state index in [1.807, 2.05) is 0 Å².